The van der Waals surface area contributed by atoms with Crippen molar-refractivity contribution in [3.63, 3.8) is 0 Å². The molecular formula is C19H10Cl2LiNO4S. The van der Waals surface area contributed by atoms with Gasteiger partial charge in [0.05, 0.1) is 27.1 Å². The summed E-state index contributed by atoms with van der Waals surface area (Å²) in [5, 5.41) is 16.3. The van der Waals surface area contributed by atoms with Crippen molar-refractivity contribution < 1.29 is 38.4 Å². The van der Waals surface area contributed by atoms with E-state index in [4.69, 9.17) is 23.2 Å². The second-order valence-corrected chi connectivity index (χ2v) is 7.23. The van der Waals surface area contributed by atoms with Gasteiger partial charge in [-0.15, -0.1) is 11.3 Å². The fraction of sp³-hybridized carbons (Fsp3) is 0. The number of amides is 1. The molecule has 9 heteroatoms. The van der Waals surface area contributed by atoms with Crippen LogP contribution < -0.4 is 29.3 Å². The van der Waals surface area contributed by atoms with Crippen LogP contribution in [0.15, 0.2) is 47.8 Å². The zero-order valence-electron chi connectivity index (χ0n) is 14.5. The largest absolute Gasteiger partial charge is 1.00 e. The molecule has 0 unspecified atom stereocenters. The molecule has 0 atom stereocenters. The SMILES string of the molecule is O=Cc1sccc1-c1ccc(NC(=O)c2ccc(Cl)cc2Cl)c(C(=O)[O-])c1.[Li+]. The van der Waals surface area contributed by atoms with Crippen LogP contribution in [0.3, 0.4) is 0 Å². The van der Waals surface area contributed by atoms with E-state index in [1.807, 2.05) is 0 Å². The molecule has 0 saturated heterocycles. The molecule has 3 rings (SSSR count). The third kappa shape index (κ3) is 4.66. The van der Waals surface area contributed by atoms with E-state index in [1.54, 1.807) is 17.5 Å². The fourth-order valence-electron chi connectivity index (χ4n) is 2.50. The number of aromatic carboxylic acids is 1. The second kappa shape index (κ2) is 9.42. The summed E-state index contributed by atoms with van der Waals surface area (Å²) in [7, 11) is 0. The van der Waals surface area contributed by atoms with E-state index in [0.717, 1.165) is 0 Å². The molecule has 0 saturated carbocycles. The number of carboxylic acids is 1. The van der Waals surface area contributed by atoms with Crippen LogP contribution in [-0.2, 0) is 0 Å². The Kier molecular flexibility index (Phi) is 7.47. The number of aldehydes is 1. The van der Waals surface area contributed by atoms with Crippen LogP contribution >= 0.6 is 34.5 Å². The first-order chi connectivity index (χ1) is 12.9. The number of carbonyl (C=O) groups excluding carboxylic acids is 3. The average Bonchev–Trinajstić information content (AvgIpc) is 3.10. The third-order valence-corrected chi connectivity index (χ3v) is 5.17. The number of anilines is 1. The number of halogens is 2. The maximum absolute atomic E-state index is 12.4. The van der Waals surface area contributed by atoms with E-state index in [-0.39, 0.29) is 40.7 Å². The van der Waals surface area contributed by atoms with Crippen molar-refractivity contribution in [1.29, 1.82) is 0 Å². The molecule has 136 valence electrons. The van der Waals surface area contributed by atoms with E-state index in [9.17, 15) is 19.5 Å². The molecular weight excluding hydrogens is 416 g/mol. The summed E-state index contributed by atoms with van der Waals surface area (Å²) in [4.78, 5) is 35.6. The predicted octanol–water partition coefficient (Wildman–Crippen LogP) is 1.15. The third-order valence-electron chi connectivity index (χ3n) is 3.78. The summed E-state index contributed by atoms with van der Waals surface area (Å²) in [5.41, 5.74) is 1.12. The monoisotopic (exact) mass is 425 g/mol. The van der Waals surface area contributed by atoms with Gasteiger partial charge in [0.1, 0.15) is 0 Å². The minimum Gasteiger partial charge on any atom is -0.545 e. The summed E-state index contributed by atoms with van der Waals surface area (Å²) in [6.07, 6.45) is 0.705. The Morgan fingerprint density at radius 3 is 2.43 bits per heavy atom. The van der Waals surface area contributed by atoms with Crippen molar-refractivity contribution in [2.75, 3.05) is 5.32 Å². The van der Waals surface area contributed by atoms with Gasteiger partial charge >= 0.3 is 18.9 Å². The van der Waals surface area contributed by atoms with E-state index in [2.05, 4.69) is 5.32 Å². The molecule has 1 heterocycles. The molecule has 0 radical (unpaired) electrons. The Labute approximate surface area is 186 Å². The van der Waals surface area contributed by atoms with E-state index in [0.29, 0.717) is 27.3 Å². The Balaban J connectivity index is 0.00000280. The van der Waals surface area contributed by atoms with Crippen LogP contribution in [-0.4, -0.2) is 18.2 Å². The predicted molar refractivity (Wildman–Crippen MR) is 104 cm³/mol. The van der Waals surface area contributed by atoms with Crippen LogP contribution in [0.25, 0.3) is 11.1 Å². The summed E-state index contributed by atoms with van der Waals surface area (Å²) < 4.78 is 0. The first kappa shape index (κ1) is 22.2. The molecule has 28 heavy (non-hydrogen) atoms. The molecule has 0 aliphatic rings. The van der Waals surface area contributed by atoms with Gasteiger partial charge in [0.15, 0.2) is 6.29 Å². The van der Waals surface area contributed by atoms with E-state index >= 15 is 0 Å². The maximum Gasteiger partial charge on any atom is 1.00 e. The average molecular weight is 426 g/mol. The molecule has 5 nitrogen and oxygen atoms in total. The fourth-order valence-corrected chi connectivity index (χ4v) is 3.72. The standard InChI is InChI=1S/C19H11Cl2NO4S.Li/c20-11-2-3-13(15(21)8-11)18(24)22-16-4-1-10(7-14(16)19(25)26)12-5-6-27-17(12)9-23;/h1-9H,(H,22,24)(H,25,26);/q;+1/p-1. The van der Waals surface area contributed by atoms with Gasteiger partial charge in [-0.1, -0.05) is 29.3 Å². The van der Waals surface area contributed by atoms with Gasteiger partial charge in [0.25, 0.3) is 5.91 Å². The van der Waals surface area contributed by atoms with Crippen LogP contribution in [0.4, 0.5) is 5.69 Å². The maximum atomic E-state index is 12.4. The molecule has 0 aliphatic carbocycles. The van der Waals surface area contributed by atoms with Crippen LogP contribution in [0.2, 0.25) is 10.0 Å². The molecule has 1 amide bonds. The zero-order valence-corrected chi connectivity index (χ0v) is 16.8. The van der Waals surface area contributed by atoms with Gasteiger partial charge in [-0.3, -0.25) is 9.59 Å². The van der Waals surface area contributed by atoms with Crippen LogP contribution in [0, 0.1) is 0 Å². The Hall–Kier alpha value is -2.07. The number of benzene rings is 2. The number of carbonyl (C=O) groups is 3. The van der Waals surface area contributed by atoms with Gasteiger partial charge in [-0.2, -0.15) is 0 Å². The number of thiophene rings is 1. The van der Waals surface area contributed by atoms with Crippen molar-refractivity contribution in [1.82, 2.24) is 0 Å². The molecule has 0 bridgehead atoms. The van der Waals surface area contributed by atoms with Gasteiger partial charge < -0.3 is 15.2 Å². The molecule has 0 fully saturated rings. The van der Waals surface area contributed by atoms with Crippen LogP contribution in [0.1, 0.15) is 30.4 Å². The van der Waals surface area contributed by atoms with Crippen molar-refractivity contribution in [3.05, 3.63) is 73.9 Å². The number of nitrogens with one attached hydrogen (secondary N) is 1. The van der Waals surface area contributed by atoms with E-state index < -0.39 is 11.9 Å². The Bertz CT molecular complexity index is 1070. The summed E-state index contributed by atoms with van der Waals surface area (Å²) in [6.45, 7) is 0. The molecule has 1 N–H and O–H groups in total. The molecule has 0 aliphatic heterocycles. The Morgan fingerprint density at radius 2 is 1.79 bits per heavy atom. The van der Waals surface area contributed by atoms with Gasteiger partial charge in [-0.05, 0) is 47.3 Å². The van der Waals surface area contributed by atoms with E-state index in [1.165, 1.54) is 41.7 Å². The molecule has 3 aromatic rings. The number of carboxylic acid groups (broad SMARTS) is 1. The second-order valence-electron chi connectivity index (χ2n) is 5.44. The van der Waals surface area contributed by atoms with Crippen molar-refractivity contribution in [3.8, 4) is 11.1 Å². The number of hydrogen-bond donors (Lipinski definition) is 1. The van der Waals surface area contributed by atoms with Gasteiger partial charge in [-0.25, -0.2) is 0 Å². The van der Waals surface area contributed by atoms with Gasteiger partial charge in [0.2, 0.25) is 0 Å². The minimum absolute atomic E-state index is 0. The van der Waals surface area contributed by atoms with Crippen molar-refractivity contribution in [2.45, 2.75) is 0 Å². The van der Waals surface area contributed by atoms with Crippen molar-refractivity contribution in [2.24, 2.45) is 0 Å². The normalized spacial score (nSPS) is 10.1. The minimum atomic E-state index is -1.46. The summed E-state index contributed by atoms with van der Waals surface area (Å²) in [6, 6.07) is 10.5. The first-order valence-electron chi connectivity index (χ1n) is 7.55. The quantitative estimate of drug-likeness (QED) is 0.490. The first-order valence-corrected chi connectivity index (χ1v) is 9.19. The Morgan fingerprint density at radius 1 is 1.04 bits per heavy atom. The smallest absolute Gasteiger partial charge is 0.545 e. The number of hydrogen-bond acceptors (Lipinski definition) is 5. The van der Waals surface area contributed by atoms with Crippen molar-refractivity contribution >= 4 is 58.4 Å². The summed E-state index contributed by atoms with van der Waals surface area (Å²) in [5.74, 6) is -2.05. The molecule has 1 aromatic heterocycles. The topological polar surface area (TPSA) is 86.3 Å². The van der Waals surface area contributed by atoms with Gasteiger partial charge in [0, 0.05) is 16.1 Å². The number of rotatable bonds is 5. The molecule has 0 spiro atoms. The molecule has 2 aromatic carbocycles. The van der Waals surface area contributed by atoms with Crippen LogP contribution in [0.5, 0.6) is 0 Å². The zero-order chi connectivity index (χ0) is 19.6. The summed E-state index contributed by atoms with van der Waals surface area (Å²) >= 11 is 13.1.